The van der Waals surface area contributed by atoms with E-state index in [1.807, 2.05) is 0 Å². The molecular weight excluding hydrogens is 374 g/mol. The van der Waals surface area contributed by atoms with Crippen LogP contribution in [0.2, 0.25) is 0 Å². The van der Waals surface area contributed by atoms with Gasteiger partial charge in [-0.05, 0) is 30.2 Å². The van der Waals surface area contributed by atoms with Crippen LogP contribution in [0.4, 0.5) is 0 Å². The molecule has 3 heterocycles. The minimum absolute atomic E-state index is 0.00526. The van der Waals surface area contributed by atoms with Crippen molar-refractivity contribution in [2.75, 3.05) is 12.5 Å². The van der Waals surface area contributed by atoms with Gasteiger partial charge in [0.15, 0.2) is 11.5 Å². The summed E-state index contributed by atoms with van der Waals surface area (Å²) in [5.41, 5.74) is 7.17. The van der Waals surface area contributed by atoms with Crippen LogP contribution in [0.15, 0.2) is 29.5 Å². The molecule has 4 rings (SSSR count). The van der Waals surface area contributed by atoms with Crippen LogP contribution in [0.1, 0.15) is 18.5 Å². The smallest absolute Gasteiger partial charge is 0.352 e. The van der Waals surface area contributed by atoms with E-state index in [0.29, 0.717) is 28.4 Å². The number of ether oxygens (including phenoxy) is 2. The van der Waals surface area contributed by atoms with Gasteiger partial charge in [-0.2, -0.15) is 0 Å². The molecule has 0 radical (unpaired) electrons. The minimum atomic E-state index is -1.15. The van der Waals surface area contributed by atoms with Crippen LogP contribution in [0.3, 0.4) is 0 Å². The molecule has 27 heavy (non-hydrogen) atoms. The third kappa shape index (κ3) is 2.81. The topological polar surface area (TPSA) is 131 Å². The highest BCUT2D eigenvalue weighted by atomic mass is 32.2. The Morgan fingerprint density at radius 3 is 2.85 bits per heavy atom. The Morgan fingerprint density at radius 2 is 2.11 bits per heavy atom. The maximum atomic E-state index is 12.5. The first-order valence-electron chi connectivity index (χ1n) is 8.21. The number of hydrogen-bond donors (Lipinski definition) is 3. The lowest BCUT2D eigenvalue weighted by Gasteiger charge is -2.49. The first-order valence-corrected chi connectivity index (χ1v) is 9.26. The molecule has 1 fully saturated rings. The van der Waals surface area contributed by atoms with E-state index in [0.717, 1.165) is 0 Å². The largest absolute Gasteiger partial charge is 0.477 e. The average Bonchev–Trinajstić information content (AvgIpc) is 3.12. The van der Waals surface area contributed by atoms with Gasteiger partial charge in [0.2, 0.25) is 12.7 Å². The standard InChI is InChI=1S/C17H17N3O6S/c1-7-5-27-16-12(15(22)20(16)13(7)17(23)24)19-14(21)11(18)8-2-3-9-10(4-8)26-6-25-9/h2-4,11-12,16H,5-6,18H2,1H3,(H,19,21)(H,23,24)/t11-,12-,16-/m1/s1. The predicted octanol–water partition coefficient (Wildman–Crippen LogP) is 0.174. The minimum Gasteiger partial charge on any atom is -0.477 e. The highest BCUT2D eigenvalue weighted by molar-refractivity contribution is 8.00. The summed E-state index contributed by atoms with van der Waals surface area (Å²) in [6.07, 6.45) is 0. The SMILES string of the molecule is CC1=C(C(=O)O)N2C(=O)[C@@H](NC(=O)[C@H](N)c3ccc4c(c3)OCO4)[C@H]2SC1. The quantitative estimate of drug-likeness (QED) is 0.619. The number of thioether (sulfide) groups is 1. The van der Waals surface area contributed by atoms with E-state index in [2.05, 4.69) is 5.32 Å². The van der Waals surface area contributed by atoms with Gasteiger partial charge in [-0.25, -0.2) is 4.79 Å². The molecule has 3 atom stereocenters. The Labute approximate surface area is 158 Å². The summed E-state index contributed by atoms with van der Waals surface area (Å²) in [5.74, 6) is -0.537. The van der Waals surface area contributed by atoms with Crippen molar-refractivity contribution < 1.29 is 29.0 Å². The number of carboxylic acid groups (broad SMARTS) is 1. The van der Waals surface area contributed by atoms with Crippen LogP contribution in [-0.2, 0) is 14.4 Å². The van der Waals surface area contributed by atoms with Gasteiger partial charge in [-0.1, -0.05) is 6.07 Å². The average molecular weight is 391 g/mol. The number of amides is 2. The molecule has 0 aromatic heterocycles. The van der Waals surface area contributed by atoms with Gasteiger partial charge in [-0.3, -0.25) is 14.5 Å². The van der Waals surface area contributed by atoms with Crippen LogP contribution in [0.25, 0.3) is 0 Å². The van der Waals surface area contributed by atoms with Gasteiger partial charge in [0.1, 0.15) is 23.2 Å². The molecule has 10 heteroatoms. The Hall–Kier alpha value is -2.72. The number of carboxylic acids is 1. The van der Waals surface area contributed by atoms with Crippen LogP contribution in [0.5, 0.6) is 11.5 Å². The molecule has 0 spiro atoms. The number of fused-ring (bicyclic) bond motifs is 2. The summed E-state index contributed by atoms with van der Waals surface area (Å²) < 4.78 is 10.5. The fourth-order valence-corrected chi connectivity index (χ4v) is 4.57. The van der Waals surface area contributed by atoms with Crippen molar-refractivity contribution in [3.63, 3.8) is 0 Å². The maximum Gasteiger partial charge on any atom is 0.352 e. The third-order valence-corrected chi connectivity index (χ3v) is 6.12. The van der Waals surface area contributed by atoms with E-state index < -0.39 is 35.2 Å². The molecule has 1 aromatic rings. The van der Waals surface area contributed by atoms with Gasteiger partial charge >= 0.3 is 5.97 Å². The van der Waals surface area contributed by atoms with Crippen LogP contribution in [0, 0.1) is 0 Å². The fraction of sp³-hybridized carbons (Fsp3) is 0.353. The van der Waals surface area contributed by atoms with Crippen molar-refractivity contribution in [1.29, 1.82) is 0 Å². The van der Waals surface area contributed by atoms with Crippen molar-refractivity contribution in [2.45, 2.75) is 24.4 Å². The fourth-order valence-electron chi connectivity index (χ4n) is 3.28. The molecule has 142 valence electrons. The number of nitrogens with zero attached hydrogens (tertiary/aromatic N) is 1. The lowest BCUT2D eigenvalue weighted by Crippen LogP contribution is -2.71. The number of hydrogen-bond acceptors (Lipinski definition) is 7. The predicted molar refractivity (Wildman–Crippen MR) is 94.9 cm³/mol. The van der Waals surface area contributed by atoms with Gasteiger partial charge in [0, 0.05) is 5.75 Å². The van der Waals surface area contributed by atoms with E-state index in [9.17, 15) is 19.5 Å². The van der Waals surface area contributed by atoms with Crippen molar-refractivity contribution in [3.05, 3.63) is 35.0 Å². The molecule has 0 bridgehead atoms. The summed E-state index contributed by atoms with van der Waals surface area (Å²) in [7, 11) is 0. The van der Waals surface area contributed by atoms with Crippen molar-refractivity contribution in [2.24, 2.45) is 5.73 Å². The molecule has 1 aromatic carbocycles. The second-order valence-corrected chi connectivity index (χ2v) is 7.53. The lowest BCUT2D eigenvalue weighted by molar-refractivity contribution is -0.150. The van der Waals surface area contributed by atoms with Crippen molar-refractivity contribution in [3.8, 4) is 11.5 Å². The van der Waals surface area contributed by atoms with Gasteiger partial charge in [-0.15, -0.1) is 11.8 Å². The van der Waals surface area contributed by atoms with E-state index in [-0.39, 0.29) is 12.5 Å². The molecule has 0 unspecified atom stereocenters. The summed E-state index contributed by atoms with van der Waals surface area (Å²) >= 11 is 1.41. The normalized spacial score (nSPS) is 24.2. The second-order valence-electron chi connectivity index (χ2n) is 6.42. The Kier molecular flexibility index (Phi) is 4.23. The Morgan fingerprint density at radius 1 is 1.37 bits per heavy atom. The number of benzene rings is 1. The summed E-state index contributed by atoms with van der Waals surface area (Å²) in [6.45, 7) is 1.80. The molecule has 0 saturated carbocycles. The number of β-lactam (4-membered cyclic amide) rings is 1. The number of nitrogens with two attached hydrogens (primary N) is 1. The van der Waals surface area contributed by atoms with Crippen molar-refractivity contribution in [1.82, 2.24) is 10.2 Å². The molecule has 0 aliphatic carbocycles. The summed E-state index contributed by atoms with van der Waals surface area (Å²) in [4.78, 5) is 37.6. The van der Waals surface area contributed by atoms with E-state index in [1.165, 1.54) is 16.7 Å². The number of nitrogens with one attached hydrogen (secondary N) is 1. The molecule has 2 amide bonds. The number of carbonyl (C=O) groups is 3. The highest BCUT2D eigenvalue weighted by Gasteiger charge is 2.53. The first kappa shape index (κ1) is 17.7. The number of aliphatic carboxylic acids is 1. The van der Waals surface area contributed by atoms with Gasteiger partial charge in [0.25, 0.3) is 5.91 Å². The maximum absolute atomic E-state index is 12.5. The molecule has 3 aliphatic rings. The Bertz CT molecular complexity index is 885. The summed E-state index contributed by atoms with van der Waals surface area (Å²) in [6, 6.07) is 3.17. The first-order chi connectivity index (χ1) is 12.9. The number of rotatable bonds is 4. The molecule has 4 N–H and O–H groups in total. The second kappa shape index (κ2) is 6.46. The Balaban J connectivity index is 1.46. The van der Waals surface area contributed by atoms with Crippen LogP contribution < -0.4 is 20.5 Å². The van der Waals surface area contributed by atoms with Gasteiger partial charge in [0.05, 0.1) is 0 Å². The van der Waals surface area contributed by atoms with Crippen LogP contribution >= 0.6 is 11.8 Å². The van der Waals surface area contributed by atoms with Crippen molar-refractivity contribution >= 4 is 29.5 Å². The zero-order valence-electron chi connectivity index (χ0n) is 14.3. The van der Waals surface area contributed by atoms with Crippen LogP contribution in [-0.4, -0.2) is 51.8 Å². The zero-order valence-corrected chi connectivity index (χ0v) is 15.1. The third-order valence-electron chi connectivity index (χ3n) is 4.70. The van der Waals surface area contributed by atoms with Gasteiger partial charge < -0.3 is 25.6 Å². The van der Waals surface area contributed by atoms with E-state index in [1.54, 1.807) is 25.1 Å². The lowest BCUT2D eigenvalue weighted by atomic mass is 10.0. The molecule has 1 saturated heterocycles. The van der Waals surface area contributed by atoms with E-state index in [4.69, 9.17) is 15.2 Å². The highest BCUT2D eigenvalue weighted by Crippen LogP contribution is 2.40. The van der Waals surface area contributed by atoms with E-state index >= 15 is 0 Å². The molecular formula is C17H17N3O6S. The molecule has 3 aliphatic heterocycles. The molecule has 9 nitrogen and oxygen atoms in total. The zero-order chi connectivity index (χ0) is 19.3. The summed E-state index contributed by atoms with van der Waals surface area (Å²) in [5, 5.41) is 11.5. The monoisotopic (exact) mass is 391 g/mol. The number of carbonyl (C=O) groups excluding carboxylic acids is 2.